The van der Waals surface area contributed by atoms with Gasteiger partial charge in [0, 0.05) is 12.6 Å². The molecule has 0 bridgehead atoms. The average Bonchev–Trinajstić information content (AvgIpc) is 2.46. The number of nitrogens with one attached hydrogen (secondary N) is 1. The lowest BCUT2D eigenvalue weighted by molar-refractivity contribution is 0.412. The van der Waals surface area contributed by atoms with E-state index in [9.17, 15) is 0 Å². The Bertz CT molecular complexity index is 514. The van der Waals surface area contributed by atoms with Crippen LogP contribution in [0.1, 0.15) is 13.3 Å². The summed E-state index contributed by atoms with van der Waals surface area (Å²) >= 11 is 0. The van der Waals surface area contributed by atoms with E-state index in [1.54, 1.807) is 13.2 Å². The molecule has 2 aromatic rings. The predicted octanol–water partition coefficient (Wildman–Crippen LogP) is 3.10. The molecule has 2 rings (SSSR count). The summed E-state index contributed by atoms with van der Waals surface area (Å²) in [4.78, 5) is 8.20. The fourth-order valence-corrected chi connectivity index (χ4v) is 1.51. The van der Waals surface area contributed by atoms with Crippen LogP contribution in [-0.4, -0.2) is 23.6 Å². The second-order valence-electron chi connectivity index (χ2n) is 3.95. The van der Waals surface area contributed by atoms with Crippen molar-refractivity contribution in [1.29, 1.82) is 0 Å². The van der Waals surface area contributed by atoms with Gasteiger partial charge in [0.05, 0.1) is 7.11 Å². The topological polar surface area (TPSA) is 56.3 Å². The highest BCUT2D eigenvalue weighted by Crippen LogP contribution is 2.23. The Hall–Kier alpha value is -2.30. The Kier molecular flexibility index (Phi) is 4.55. The van der Waals surface area contributed by atoms with Gasteiger partial charge in [-0.2, -0.15) is 0 Å². The fourth-order valence-electron chi connectivity index (χ4n) is 1.51. The second-order valence-corrected chi connectivity index (χ2v) is 3.95. The van der Waals surface area contributed by atoms with Gasteiger partial charge in [-0.05, 0) is 30.7 Å². The van der Waals surface area contributed by atoms with Crippen LogP contribution in [0.5, 0.6) is 17.4 Å². The maximum absolute atomic E-state index is 5.65. The van der Waals surface area contributed by atoms with Crippen LogP contribution in [0, 0.1) is 0 Å². The van der Waals surface area contributed by atoms with Crippen LogP contribution in [-0.2, 0) is 0 Å². The molecule has 1 aromatic carbocycles. The Balaban J connectivity index is 2.05. The fraction of sp³-hybridized carbons (Fsp3) is 0.286. The van der Waals surface area contributed by atoms with Crippen LogP contribution in [0.3, 0.4) is 0 Å². The molecule has 5 nitrogen and oxygen atoms in total. The summed E-state index contributed by atoms with van der Waals surface area (Å²) in [6, 6.07) is 9.12. The third kappa shape index (κ3) is 3.84. The van der Waals surface area contributed by atoms with E-state index >= 15 is 0 Å². The van der Waals surface area contributed by atoms with Gasteiger partial charge in [0.15, 0.2) is 0 Å². The van der Waals surface area contributed by atoms with E-state index in [0.29, 0.717) is 11.6 Å². The van der Waals surface area contributed by atoms with E-state index in [0.717, 1.165) is 24.5 Å². The molecule has 1 N–H and O–H groups in total. The molecule has 0 radical (unpaired) electrons. The van der Waals surface area contributed by atoms with E-state index in [-0.39, 0.29) is 0 Å². The summed E-state index contributed by atoms with van der Waals surface area (Å²) in [5.74, 6) is 2.78. The zero-order chi connectivity index (χ0) is 13.5. The highest BCUT2D eigenvalue weighted by Gasteiger charge is 2.01. The summed E-state index contributed by atoms with van der Waals surface area (Å²) in [5, 5.41) is 3.19. The summed E-state index contributed by atoms with van der Waals surface area (Å²) in [6.45, 7) is 2.97. The van der Waals surface area contributed by atoms with Gasteiger partial charge < -0.3 is 14.8 Å². The zero-order valence-corrected chi connectivity index (χ0v) is 11.1. The molecule has 0 aliphatic heterocycles. The number of rotatable bonds is 6. The van der Waals surface area contributed by atoms with Gasteiger partial charge in [-0.1, -0.05) is 6.92 Å². The molecule has 5 heteroatoms. The van der Waals surface area contributed by atoms with Gasteiger partial charge in [-0.3, -0.25) is 0 Å². The smallest absolute Gasteiger partial charge is 0.224 e. The summed E-state index contributed by atoms with van der Waals surface area (Å²) in [5.41, 5.74) is 0. The van der Waals surface area contributed by atoms with E-state index in [2.05, 4.69) is 22.2 Å². The minimum absolute atomic E-state index is 0.513. The van der Waals surface area contributed by atoms with Gasteiger partial charge in [0.25, 0.3) is 0 Å². The molecular weight excluding hydrogens is 242 g/mol. The van der Waals surface area contributed by atoms with Crippen LogP contribution in [0.25, 0.3) is 0 Å². The summed E-state index contributed by atoms with van der Waals surface area (Å²) < 4.78 is 10.7. The molecule has 0 atom stereocenters. The number of ether oxygens (including phenoxy) is 2. The lowest BCUT2D eigenvalue weighted by Gasteiger charge is -2.07. The Morgan fingerprint density at radius 2 is 1.84 bits per heavy atom. The van der Waals surface area contributed by atoms with Crippen LogP contribution in [0.4, 0.5) is 5.82 Å². The van der Waals surface area contributed by atoms with E-state index in [4.69, 9.17) is 9.47 Å². The average molecular weight is 259 g/mol. The summed E-state index contributed by atoms with van der Waals surface area (Å²) in [7, 11) is 1.63. The number of benzene rings is 1. The third-order valence-electron chi connectivity index (χ3n) is 2.48. The van der Waals surface area contributed by atoms with Gasteiger partial charge >= 0.3 is 0 Å². The standard InChI is InChI=1S/C14H17N3O2/c1-3-8-15-13-9-14(17-10-16-13)19-12-6-4-11(18-2)5-7-12/h4-7,9-10H,3,8H2,1-2H3,(H,15,16,17). The van der Waals surface area contributed by atoms with Crippen LogP contribution in [0.15, 0.2) is 36.7 Å². The Morgan fingerprint density at radius 3 is 2.53 bits per heavy atom. The van der Waals surface area contributed by atoms with Crippen molar-refractivity contribution < 1.29 is 9.47 Å². The maximum Gasteiger partial charge on any atom is 0.224 e. The zero-order valence-electron chi connectivity index (χ0n) is 11.1. The van der Waals surface area contributed by atoms with Gasteiger partial charge in [-0.25, -0.2) is 9.97 Å². The van der Waals surface area contributed by atoms with E-state index < -0.39 is 0 Å². The van der Waals surface area contributed by atoms with Crippen molar-refractivity contribution >= 4 is 5.82 Å². The van der Waals surface area contributed by atoms with Crippen molar-refractivity contribution in [2.75, 3.05) is 19.0 Å². The molecule has 0 fully saturated rings. The first-order chi connectivity index (χ1) is 9.31. The van der Waals surface area contributed by atoms with Crippen LogP contribution >= 0.6 is 0 Å². The molecule has 1 heterocycles. The molecule has 0 aliphatic carbocycles. The highest BCUT2D eigenvalue weighted by molar-refractivity contribution is 5.39. The predicted molar refractivity (Wildman–Crippen MR) is 73.9 cm³/mol. The molecule has 0 amide bonds. The minimum Gasteiger partial charge on any atom is -0.497 e. The SMILES string of the molecule is CCCNc1cc(Oc2ccc(OC)cc2)ncn1. The molecule has 100 valence electrons. The molecule has 0 saturated carbocycles. The number of hydrogen-bond acceptors (Lipinski definition) is 5. The first kappa shape index (κ1) is 13.1. The highest BCUT2D eigenvalue weighted by atomic mass is 16.5. The van der Waals surface area contributed by atoms with Crippen LogP contribution in [0.2, 0.25) is 0 Å². The number of aromatic nitrogens is 2. The maximum atomic E-state index is 5.65. The van der Waals surface area contributed by atoms with Crippen molar-refractivity contribution in [2.45, 2.75) is 13.3 Å². The Morgan fingerprint density at radius 1 is 1.11 bits per heavy atom. The molecule has 1 aromatic heterocycles. The first-order valence-electron chi connectivity index (χ1n) is 6.19. The van der Waals surface area contributed by atoms with Gasteiger partial charge in [-0.15, -0.1) is 0 Å². The third-order valence-corrected chi connectivity index (χ3v) is 2.48. The van der Waals surface area contributed by atoms with E-state index in [1.165, 1.54) is 6.33 Å². The lowest BCUT2D eigenvalue weighted by Crippen LogP contribution is -2.02. The number of hydrogen-bond donors (Lipinski definition) is 1. The van der Waals surface area contributed by atoms with Gasteiger partial charge in [0.2, 0.25) is 5.88 Å². The number of anilines is 1. The Labute approximate surface area is 112 Å². The van der Waals surface area contributed by atoms with Crippen LogP contribution < -0.4 is 14.8 Å². The van der Waals surface area contributed by atoms with Crippen molar-refractivity contribution in [3.8, 4) is 17.4 Å². The monoisotopic (exact) mass is 259 g/mol. The molecular formula is C14H17N3O2. The van der Waals surface area contributed by atoms with Crippen molar-refractivity contribution in [1.82, 2.24) is 9.97 Å². The minimum atomic E-state index is 0.513. The molecule has 0 spiro atoms. The molecule has 0 saturated heterocycles. The quantitative estimate of drug-likeness (QED) is 0.863. The molecule has 0 unspecified atom stereocenters. The summed E-state index contributed by atoms with van der Waals surface area (Å²) in [6.07, 6.45) is 2.52. The largest absolute Gasteiger partial charge is 0.497 e. The first-order valence-corrected chi connectivity index (χ1v) is 6.19. The number of methoxy groups -OCH3 is 1. The van der Waals surface area contributed by atoms with Crippen molar-refractivity contribution in [2.24, 2.45) is 0 Å². The number of nitrogens with zero attached hydrogens (tertiary/aromatic N) is 2. The molecule has 19 heavy (non-hydrogen) atoms. The second kappa shape index (κ2) is 6.58. The van der Waals surface area contributed by atoms with Crippen molar-refractivity contribution in [3.63, 3.8) is 0 Å². The van der Waals surface area contributed by atoms with E-state index in [1.807, 2.05) is 24.3 Å². The molecule has 0 aliphatic rings. The van der Waals surface area contributed by atoms with Crippen molar-refractivity contribution in [3.05, 3.63) is 36.7 Å². The normalized spacial score (nSPS) is 10.0. The van der Waals surface area contributed by atoms with Gasteiger partial charge in [0.1, 0.15) is 23.6 Å². The lowest BCUT2D eigenvalue weighted by atomic mass is 10.3.